The van der Waals surface area contributed by atoms with Crippen molar-refractivity contribution in [3.05, 3.63) is 58.1 Å². The van der Waals surface area contributed by atoms with Gasteiger partial charge in [0, 0.05) is 24.7 Å². The molecule has 0 saturated carbocycles. The van der Waals surface area contributed by atoms with E-state index in [1.807, 2.05) is 0 Å². The fourth-order valence-electron chi connectivity index (χ4n) is 2.51. The number of ether oxygens (including phenoxy) is 2. The molecule has 2 aromatic carbocycles. The first kappa shape index (κ1) is 22.3. The number of amides is 2. The largest absolute Gasteiger partial charge is 0.495 e. The number of rotatable bonds is 8. The number of anilines is 2. The summed E-state index contributed by atoms with van der Waals surface area (Å²) in [4.78, 5) is 45.8. The third kappa shape index (κ3) is 6.30. The van der Waals surface area contributed by atoms with Crippen molar-refractivity contribution in [3.8, 4) is 5.75 Å². The first-order valence-electron chi connectivity index (χ1n) is 8.89. The van der Waals surface area contributed by atoms with Crippen molar-refractivity contribution in [1.82, 2.24) is 0 Å². The minimum Gasteiger partial charge on any atom is -0.495 e. The third-order valence-electron chi connectivity index (χ3n) is 3.95. The molecule has 0 heterocycles. The highest BCUT2D eigenvalue weighted by Crippen LogP contribution is 2.29. The zero-order chi connectivity index (χ0) is 22.3. The van der Waals surface area contributed by atoms with Crippen LogP contribution in [0.2, 0.25) is 0 Å². The van der Waals surface area contributed by atoms with Crippen molar-refractivity contribution >= 4 is 34.8 Å². The van der Waals surface area contributed by atoms with E-state index in [1.54, 1.807) is 24.3 Å². The summed E-state index contributed by atoms with van der Waals surface area (Å²) in [6.07, 6.45) is -1.21. The van der Waals surface area contributed by atoms with Gasteiger partial charge in [-0.3, -0.25) is 24.5 Å². The maximum atomic E-state index is 12.3. The van der Waals surface area contributed by atoms with Gasteiger partial charge in [0.1, 0.15) is 5.75 Å². The van der Waals surface area contributed by atoms with Crippen LogP contribution in [0.4, 0.5) is 17.1 Å². The van der Waals surface area contributed by atoms with Crippen LogP contribution < -0.4 is 15.4 Å². The Labute approximate surface area is 172 Å². The molecule has 0 aliphatic heterocycles. The van der Waals surface area contributed by atoms with Crippen LogP contribution in [-0.2, 0) is 25.5 Å². The maximum Gasteiger partial charge on any atom is 0.311 e. The molecule has 158 valence electrons. The molecule has 0 fully saturated rings. The molecule has 2 amide bonds. The van der Waals surface area contributed by atoms with Crippen LogP contribution in [0, 0.1) is 10.1 Å². The SMILES string of the molecule is COc1ccc([N+](=O)[O-])cc1NC(=O)[C@@H](C)OC(=O)Cc1ccc(NC(C)=O)cc1. The summed E-state index contributed by atoms with van der Waals surface area (Å²) >= 11 is 0. The van der Waals surface area contributed by atoms with Gasteiger partial charge in [-0.1, -0.05) is 12.1 Å². The summed E-state index contributed by atoms with van der Waals surface area (Å²) < 4.78 is 10.2. The van der Waals surface area contributed by atoms with Gasteiger partial charge < -0.3 is 20.1 Å². The summed E-state index contributed by atoms with van der Waals surface area (Å²) in [5.41, 5.74) is 1.10. The Balaban J connectivity index is 1.97. The van der Waals surface area contributed by atoms with Crippen LogP contribution in [-0.4, -0.2) is 35.9 Å². The van der Waals surface area contributed by atoms with Gasteiger partial charge in [0.05, 0.1) is 24.1 Å². The molecular formula is C20H21N3O7. The minimum atomic E-state index is -1.14. The topological polar surface area (TPSA) is 137 Å². The normalized spacial score (nSPS) is 11.2. The summed E-state index contributed by atoms with van der Waals surface area (Å²) in [5.74, 6) is -1.27. The van der Waals surface area contributed by atoms with E-state index in [-0.39, 0.29) is 29.5 Å². The molecule has 2 aromatic rings. The average Bonchev–Trinajstić information content (AvgIpc) is 2.68. The lowest BCUT2D eigenvalue weighted by Gasteiger charge is -2.15. The summed E-state index contributed by atoms with van der Waals surface area (Å²) in [7, 11) is 1.36. The Kier molecular flexibility index (Phi) is 7.45. The van der Waals surface area contributed by atoms with E-state index in [4.69, 9.17) is 9.47 Å². The van der Waals surface area contributed by atoms with Gasteiger partial charge in [-0.2, -0.15) is 0 Å². The predicted molar refractivity (Wildman–Crippen MR) is 108 cm³/mol. The molecule has 30 heavy (non-hydrogen) atoms. The fourth-order valence-corrected chi connectivity index (χ4v) is 2.51. The molecular weight excluding hydrogens is 394 g/mol. The van der Waals surface area contributed by atoms with Gasteiger partial charge in [0.2, 0.25) is 5.91 Å². The number of non-ortho nitro benzene ring substituents is 1. The molecule has 0 saturated heterocycles. The van der Waals surface area contributed by atoms with Gasteiger partial charge in [-0.15, -0.1) is 0 Å². The number of esters is 1. The van der Waals surface area contributed by atoms with Crippen molar-refractivity contribution < 1.29 is 28.8 Å². The molecule has 2 N–H and O–H groups in total. The van der Waals surface area contributed by atoms with Crippen molar-refractivity contribution in [1.29, 1.82) is 0 Å². The Morgan fingerprint density at radius 2 is 1.77 bits per heavy atom. The highest BCUT2D eigenvalue weighted by Gasteiger charge is 2.21. The van der Waals surface area contributed by atoms with Crippen LogP contribution in [0.25, 0.3) is 0 Å². The lowest BCUT2D eigenvalue weighted by Crippen LogP contribution is -2.30. The van der Waals surface area contributed by atoms with Gasteiger partial charge >= 0.3 is 5.97 Å². The first-order chi connectivity index (χ1) is 14.2. The number of methoxy groups -OCH3 is 1. The number of nitrogens with one attached hydrogen (secondary N) is 2. The molecule has 10 heteroatoms. The second-order valence-electron chi connectivity index (χ2n) is 6.32. The van der Waals surface area contributed by atoms with Crippen LogP contribution >= 0.6 is 0 Å². The Morgan fingerprint density at radius 3 is 2.33 bits per heavy atom. The van der Waals surface area contributed by atoms with E-state index in [2.05, 4.69) is 10.6 Å². The molecule has 0 bridgehead atoms. The summed E-state index contributed by atoms with van der Waals surface area (Å²) in [6, 6.07) is 10.4. The lowest BCUT2D eigenvalue weighted by molar-refractivity contribution is -0.384. The van der Waals surface area contributed by atoms with Crippen molar-refractivity contribution in [2.24, 2.45) is 0 Å². The van der Waals surface area contributed by atoms with E-state index in [1.165, 1.54) is 33.1 Å². The van der Waals surface area contributed by atoms with Crippen LogP contribution in [0.15, 0.2) is 42.5 Å². The van der Waals surface area contributed by atoms with E-state index in [0.29, 0.717) is 11.3 Å². The summed E-state index contributed by atoms with van der Waals surface area (Å²) in [5, 5.41) is 16.0. The predicted octanol–water partition coefficient (Wildman–Crippen LogP) is 2.67. The van der Waals surface area contributed by atoms with E-state index in [0.717, 1.165) is 6.07 Å². The quantitative estimate of drug-likeness (QED) is 0.384. The number of carbonyl (C=O) groups is 3. The van der Waals surface area contributed by atoms with Gasteiger partial charge in [0.15, 0.2) is 6.10 Å². The van der Waals surface area contributed by atoms with Crippen molar-refractivity contribution in [2.45, 2.75) is 26.4 Å². The number of hydrogen-bond donors (Lipinski definition) is 2. The second kappa shape index (κ2) is 10.0. The number of nitro benzene ring substituents is 1. The van der Waals surface area contributed by atoms with Crippen LogP contribution in [0.3, 0.4) is 0 Å². The van der Waals surface area contributed by atoms with Gasteiger partial charge in [0.25, 0.3) is 11.6 Å². The number of carbonyl (C=O) groups excluding carboxylic acids is 3. The zero-order valence-electron chi connectivity index (χ0n) is 16.6. The first-order valence-corrected chi connectivity index (χ1v) is 8.89. The highest BCUT2D eigenvalue weighted by atomic mass is 16.6. The molecule has 0 aliphatic carbocycles. The smallest absolute Gasteiger partial charge is 0.311 e. The Hall–Kier alpha value is -3.95. The summed E-state index contributed by atoms with van der Waals surface area (Å²) in [6.45, 7) is 2.78. The number of hydrogen-bond acceptors (Lipinski definition) is 7. The molecule has 1 atom stereocenters. The van der Waals surface area contributed by atoms with E-state index in [9.17, 15) is 24.5 Å². The third-order valence-corrected chi connectivity index (χ3v) is 3.95. The number of nitro groups is 1. The Bertz CT molecular complexity index is 957. The van der Waals surface area contributed by atoms with E-state index < -0.39 is 22.9 Å². The maximum absolute atomic E-state index is 12.3. The van der Waals surface area contributed by atoms with Crippen LogP contribution in [0.5, 0.6) is 5.75 Å². The number of benzene rings is 2. The highest BCUT2D eigenvalue weighted by molar-refractivity contribution is 5.96. The average molecular weight is 415 g/mol. The monoisotopic (exact) mass is 415 g/mol. The van der Waals surface area contributed by atoms with Crippen molar-refractivity contribution in [2.75, 3.05) is 17.7 Å². The Morgan fingerprint density at radius 1 is 1.10 bits per heavy atom. The molecule has 0 radical (unpaired) electrons. The molecule has 0 aliphatic rings. The van der Waals surface area contributed by atoms with Crippen LogP contribution in [0.1, 0.15) is 19.4 Å². The fraction of sp³-hybridized carbons (Fsp3) is 0.250. The molecule has 0 unspecified atom stereocenters. The number of nitrogens with zero attached hydrogens (tertiary/aromatic N) is 1. The lowest BCUT2D eigenvalue weighted by atomic mass is 10.1. The van der Waals surface area contributed by atoms with Crippen molar-refractivity contribution in [3.63, 3.8) is 0 Å². The molecule has 10 nitrogen and oxygen atoms in total. The molecule has 2 rings (SSSR count). The zero-order valence-corrected chi connectivity index (χ0v) is 16.6. The minimum absolute atomic E-state index is 0.0713. The second-order valence-corrected chi connectivity index (χ2v) is 6.32. The van der Waals surface area contributed by atoms with E-state index >= 15 is 0 Å². The molecule has 0 spiro atoms. The standard InChI is InChI=1S/C20H21N3O7/c1-12(20(26)22-17-11-16(23(27)28)8-9-18(17)29-3)30-19(25)10-14-4-6-15(7-5-14)21-13(2)24/h4-9,11-12H,10H2,1-3H3,(H,21,24)(H,22,26)/t12-/m1/s1. The van der Waals surface area contributed by atoms with Gasteiger partial charge in [-0.25, -0.2) is 0 Å². The van der Waals surface area contributed by atoms with Gasteiger partial charge in [-0.05, 0) is 30.7 Å². The molecule has 0 aromatic heterocycles.